The molecule has 132 valence electrons. The van der Waals surface area contributed by atoms with Crippen LogP contribution >= 0.6 is 39.9 Å². The molecule has 2 aromatic rings. The van der Waals surface area contributed by atoms with Crippen LogP contribution in [0.25, 0.3) is 0 Å². The summed E-state index contributed by atoms with van der Waals surface area (Å²) in [7, 11) is 0. The van der Waals surface area contributed by atoms with Crippen LogP contribution in [0.1, 0.15) is 30.0 Å². The van der Waals surface area contributed by atoms with Gasteiger partial charge in [-0.2, -0.15) is 5.10 Å². The summed E-state index contributed by atoms with van der Waals surface area (Å²) in [4.78, 5) is 0. The molecule has 0 saturated carbocycles. The van der Waals surface area contributed by atoms with Crippen LogP contribution in [-0.2, 0) is 0 Å². The minimum absolute atomic E-state index is 0.129. The third kappa shape index (κ3) is 2.64. The molecule has 2 atom stereocenters. The number of rotatable bonds is 1. The quantitative estimate of drug-likeness (QED) is 0.646. The highest BCUT2D eigenvalue weighted by Gasteiger charge is 2.52. The number of hydrogen-bond donors (Lipinski definition) is 1. The molecule has 0 unspecified atom stereocenters. The van der Waals surface area contributed by atoms with Crippen LogP contribution in [0.3, 0.4) is 0 Å². The van der Waals surface area contributed by atoms with Gasteiger partial charge < -0.3 is 10.1 Å². The van der Waals surface area contributed by atoms with Crippen LogP contribution in [0, 0.1) is 0 Å². The fourth-order valence-electron chi connectivity index (χ4n) is 3.78. The largest absolute Gasteiger partial charge is 0.448 e. The fourth-order valence-corrected chi connectivity index (χ4v) is 5.36. The van der Waals surface area contributed by atoms with Crippen LogP contribution in [0.2, 0.25) is 0 Å². The molecule has 3 aliphatic rings. The van der Waals surface area contributed by atoms with Crippen molar-refractivity contribution in [1.29, 1.82) is 0 Å². The highest BCUT2D eigenvalue weighted by Crippen LogP contribution is 2.48. The van der Waals surface area contributed by atoms with Crippen LogP contribution in [0.15, 0.2) is 58.1 Å². The van der Waals surface area contributed by atoms with E-state index < -0.39 is 5.85 Å². The molecule has 1 fully saturated rings. The van der Waals surface area contributed by atoms with Crippen molar-refractivity contribution < 1.29 is 4.74 Å². The maximum Gasteiger partial charge on any atom is 0.278 e. The lowest BCUT2D eigenvalue weighted by Gasteiger charge is -2.49. The summed E-state index contributed by atoms with van der Waals surface area (Å²) in [5, 5.41) is 10.5. The third-order valence-corrected chi connectivity index (χ3v) is 6.69. The van der Waals surface area contributed by atoms with Crippen LogP contribution in [0.4, 0.5) is 0 Å². The lowest BCUT2D eigenvalue weighted by molar-refractivity contribution is -0.132. The van der Waals surface area contributed by atoms with Crippen molar-refractivity contribution in [3.8, 4) is 5.75 Å². The first-order valence-electron chi connectivity index (χ1n) is 8.50. The molecule has 1 N–H and O–H groups in total. The Hall–Kier alpha value is -1.57. The van der Waals surface area contributed by atoms with Crippen molar-refractivity contribution in [2.75, 3.05) is 5.75 Å². The van der Waals surface area contributed by atoms with E-state index in [9.17, 15) is 0 Å². The number of thiocarbonyl (C=S) groups is 1. The van der Waals surface area contributed by atoms with Crippen molar-refractivity contribution in [2.24, 2.45) is 5.10 Å². The number of fused-ring (bicyclic) bond motifs is 4. The number of thioether (sulfide) groups is 1. The average Bonchev–Trinajstić information content (AvgIpc) is 3.10. The van der Waals surface area contributed by atoms with E-state index in [1.165, 1.54) is 0 Å². The number of hydrogen-bond acceptors (Lipinski definition) is 5. The van der Waals surface area contributed by atoms with Crippen LogP contribution in [-0.4, -0.2) is 26.6 Å². The smallest absolute Gasteiger partial charge is 0.278 e. The zero-order valence-corrected chi connectivity index (χ0v) is 17.0. The van der Waals surface area contributed by atoms with Crippen molar-refractivity contribution >= 4 is 49.9 Å². The van der Waals surface area contributed by atoms with Gasteiger partial charge >= 0.3 is 0 Å². The Balaban J connectivity index is 1.63. The van der Waals surface area contributed by atoms with Gasteiger partial charge in [-0.25, -0.2) is 5.01 Å². The molecule has 1 spiro atoms. The van der Waals surface area contributed by atoms with Crippen molar-refractivity contribution in [3.63, 3.8) is 0 Å². The monoisotopic (exact) mass is 445 g/mol. The van der Waals surface area contributed by atoms with Gasteiger partial charge in [0.15, 0.2) is 0 Å². The maximum atomic E-state index is 6.47. The van der Waals surface area contributed by atoms with Gasteiger partial charge in [0, 0.05) is 28.6 Å². The lowest BCUT2D eigenvalue weighted by Crippen LogP contribution is -2.65. The number of nitrogens with zero attached hydrogens (tertiary/aromatic N) is 2. The van der Waals surface area contributed by atoms with Crippen molar-refractivity contribution in [1.82, 2.24) is 10.3 Å². The Morgan fingerprint density at radius 2 is 2.12 bits per heavy atom. The Labute approximate surface area is 170 Å². The molecule has 7 heteroatoms. The summed E-state index contributed by atoms with van der Waals surface area (Å²) < 4.78 is 8.28. The number of halogens is 1. The molecular formula is C19H16BrN3OS2. The molecule has 3 heterocycles. The summed E-state index contributed by atoms with van der Waals surface area (Å²) in [6, 6.07) is 16.7. The maximum absolute atomic E-state index is 6.47. The van der Waals surface area contributed by atoms with Crippen LogP contribution < -0.4 is 10.1 Å². The molecule has 0 aromatic heterocycles. The van der Waals surface area contributed by atoms with E-state index in [-0.39, 0.29) is 6.04 Å². The first-order chi connectivity index (χ1) is 12.6. The van der Waals surface area contributed by atoms with E-state index in [0.717, 1.165) is 50.0 Å². The Morgan fingerprint density at radius 1 is 1.27 bits per heavy atom. The van der Waals surface area contributed by atoms with Crippen molar-refractivity contribution in [3.05, 3.63) is 64.1 Å². The normalized spacial score (nSPS) is 26.7. The number of ether oxygens (including phenoxy) is 1. The van der Waals surface area contributed by atoms with Crippen molar-refractivity contribution in [2.45, 2.75) is 24.7 Å². The van der Waals surface area contributed by atoms with Gasteiger partial charge in [0.2, 0.25) is 0 Å². The minimum Gasteiger partial charge on any atom is -0.448 e. The second-order valence-electron chi connectivity index (χ2n) is 6.56. The van der Waals surface area contributed by atoms with E-state index >= 15 is 0 Å². The molecule has 2 aromatic carbocycles. The molecule has 5 rings (SSSR count). The molecule has 4 nitrogen and oxygen atoms in total. The average molecular weight is 446 g/mol. The number of nitrogens with one attached hydrogen (secondary N) is 1. The summed E-state index contributed by atoms with van der Waals surface area (Å²) in [5.74, 6) is 1.11. The minimum atomic E-state index is -0.704. The predicted octanol–water partition coefficient (Wildman–Crippen LogP) is 4.66. The molecule has 0 aliphatic carbocycles. The highest BCUT2D eigenvalue weighted by atomic mass is 79.9. The van der Waals surface area contributed by atoms with E-state index in [1.54, 1.807) is 11.8 Å². The zero-order chi connectivity index (χ0) is 17.7. The van der Waals surface area contributed by atoms with Gasteiger partial charge in [-0.3, -0.25) is 0 Å². The highest BCUT2D eigenvalue weighted by molar-refractivity contribution is 9.10. The topological polar surface area (TPSA) is 36.9 Å². The first-order valence-corrected chi connectivity index (χ1v) is 10.7. The van der Waals surface area contributed by atoms with Gasteiger partial charge in [-0.1, -0.05) is 70.2 Å². The lowest BCUT2D eigenvalue weighted by atomic mass is 9.95. The van der Waals surface area contributed by atoms with E-state index in [2.05, 4.69) is 56.6 Å². The standard InChI is InChI=1S/C19H16BrN3OS2/c20-13-6-7-17-14(10-13)16-11-15(12-4-2-1-3-5-12)22-23(16)19(24-17)8-9-26-18(25)21-19/h1-7,10,16H,8-9,11H2,(H,21,25)/t16-,19+/m1/s1. The summed E-state index contributed by atoms with van der Waals surface area (Å²) >= 11 is 10.7. The third-order valence-electron chi connectivity index (χ3n) is 4.97. The van der Waals surface area contributed by atoms with Gasteiger partial charge in [0.05, 0.1) is 11.8 Å². The zero-order valence-electron chi connectivity index (χ0n) is 13.8. The molecule has 0 amide bonds. The van der Waals surface area contributed by atoms with E-state index in [1.807, 2.05) is 18.2 Å². The Kier molecular flexibility index (Phi) is 3.99. The Bertz CT molecular complexity index is 920. The molecule has 1 saturated heterocycles. The molecule has 3 aliphatic heterocycles. The molecular weight excluding hydrogens is 430 g/mol. The second-order valence-corrected chi connectivity index (χ2v) is 9.24. The summed E-state index contributed by atoms with van der Waals surface area (Å²) in [6.07, 6.45) is 1.66. The summed E-state index contributed by atoms with van der Waals surface area (Å²) in [5.41, 5.74) is 3.39. The first kappa shape index (κ1) is 16.6. The molecule has 0 bridgehead atoms. The van der Waals surface area contributed by atoms with E-state index in [4.69, 9.17) is 22.1 Å². The van der Waals surface area contributed by atoms with Gasteiger partial charge in [0.1, 0.15) is 10.1 Å². The van der Waals surface area contributed by atoms with Gasteiger partial charge in [0.25, 0.3) is 5.85 Å². The SMILES string of the molecule is S=C1N[C@]2(CCS1)Oc1ccc(Br)cc1[C@H]1CC(c3ccccc3)=NN12. The van der Waals surface area contributed by atoms with Crippen LogP contribution in [0.5, 0.6) is 5.75 Å². The number of hydrazone groups is 1. The fraction of sp³-hybridized carbons (Fsp3) is 0.263. The second kappa shape index (κ2) is 6.25. The van der Waals surface area contributed by atoms with Gasteiger partial charge in [-0.05, 0) is 23.8 Å². The number of benzene rings is 2. The van der Waals surface area contributed by atoms with Gasteiger partial charge in [-0.15, -0.1) is 0 Å². The van der Waals surface area contributed by atoms with E-state index in [0.29, 0.717) is 0 Å². The summed E-state index contributed by atoms with van der Waals surface area (Å²) in [6.45, 7) is 0. The molecule has 0 radical (unpaired) electrons. The molecule has 26 heavy (non-hydrogen) atoms. The Morgan fingerprint density at radius 3 is 2.92 bits per heavy atom. The predicted molar refractivity (Wildman–Crippen MR) is 112 cm³/mol.